The Balaban J connectivity index is 1.79. The van der Waals surface area contributed by atoms with E-state index in [4.69, 9.17) is 23.8 Å². The average Bonchev–Trinajstić information content (AvgIpc) is 2.93. The van der Waals surface area contributed by atoms with E-state index in [0.717, 1.165) is 16.8 Å². The van der Waals surface area contributed by atoms with Gasteiger partial charge >= 0.3 is 13.2 Å². The van der Waals surface area contributed by atoms with Crippen molar-refractivity contribution in [3.63, 3.8) is 0 Å². The molecule has 178 valence electrons. The van der Waals surface area contributed by atoms with Gasteiger partial charge in [0.25, 0.3) is 0 Å². The van der Waals surface area contributed by atoms with Gasteiger partial charge in [-0.2, -0.15) is 0 Å². The van der Waals surface area contributed by atoms with Crippen LogP contribution in [0.25, 0.3) is 0 Å². The van der Waals surface area contributed by atoms with Gasteiger partial charge in [0.15, 0.2) is 0 Å². The number of anilines is 1. The van der Waals surface area contributed by atoms with Gasteiger partial charge in [0.05, 0.1) is 34.9 Å². The smallest absolute Gasteiger partial charge is 0.444 e. The molecular formula is C23H38BN3O5. The molecule has 9 heteroatoms. The maximum absolute atomic E-state index is 12.4. The van der Waals surface area contributed by atoms with Crippen molar-refractivity contribution < 1.29 is 23.6 Å². The molecule has 0 aliphatic carbocycles. The Morgan fingerprint density at radius 2 is 1.69 bits per heavy atom. The predicted molar refractivity (Wildman–Crippen MR) is 125 cm³/mol. The molecule has 0 spiro atoms. The molecular weight excluding hydrogens is 409 g/mol. The minimum Gasteiger partial charge on any atom is -0.444 e. The molecule has 32 heavy (non-hydrogen) atoms. The number of methoxy groups -OCH3 is 1. The first-order valence-corrected chi connectivity index (χ1v) is 11.4. The number of amides is 1. The second-order valence-corrected chi connectivity index (χ2v) is 10.6. The molecule has 8 nitrogen and oxygen atoms in total. The van der Waals surface area contributed by atoms with E-state index in [2.05, 4.69) is 11.0 Å². The van der Waals surface area contributed by atoms with Crippen LogP contribution in [0.4, 0.5) is 10.5 Å². The Hall–Kier alpha value is -1.84. The summed E-state index contributed by atoms with van der Waals surface area (Å²) in [6.07, 6.45) is 1.41. The van der Waals surface area contributed by atoms with E-state index in [1.165, 1.54) is 0 Å². The summed E-state index contributed by atoms with van der Waals surface area (Å²) >= 11 is 0. The van der Waals surface area contributed by atoms with Gasteiger partial charge in [-0.05, 0) is 61.5 Å². The Bertz CT molecular complexity index is 815. The van der Waals surface area contributed by atoms with Crippen LogP contribution in [-0.2, 0) is 18.8 Å². The van der Waals surface area contributed by atoms with Gasteiger partial charge in [-0.3, -0.25) is 4.98 Å². The minimum atomic E-state index is -0.525. The van der Waals surface area contributed by atoms with E-state index in [1.54, 1.807) is 12.0 Å². The number of carbonyl (C=O) groups excluding carboxylic acids is 1. The first kappa shape index (κ1) is 24.8. The zero-order chi connectivity index (χ0) is 23.9. The Morgan fingerprint density at radius 3 is 2.19 bits per heavy atom. The lowest BCUT2D eigenvalue weighted by Gasteiger charge is -2.37. The lowest BCUT2D eigenvalue weighted by atomic mass is 9.76. The normalized spacial score (nSPS) is 21.6. The molecule has 2 fully saturated rings. The van der Waals surface area contributed by atoms with Gasteiger partial charge in [0, 0.05) is 38.8 Å². The quantitative estimate of drug-likeness (QED) is 0.657. The highest BCUT2D eigenvalue weighted by Crippen LogP contribution is 2.37. The molecule has 2 aliphatic heterocycles. The predicted octanol–water partition coefficient (Wildman–Crippen LogP) is 3.15. The number of piperazine rings is 1. The van der Waals surface area contributed by atoms with Gasteiger partial charge in [-0.1, -0.05) is 0 Å². The fourth-order valence-corrected chi connectivity index (χ4v) is 3.74. The number of hydrogen-bond acceptors (Lipinski definition) is 7. The van der Waals surface area contributed by atoms with Crippen LogP contribution >= 0.6 is 0 Å². The Morgan fingerprint density at radius 1 is 1.12 bits per heavy atom. The fraction of sp³-hybridized carbons (Fsp3) is 0.739. The van der Waals surface area contributed by atoms with Gasteiger partial charge in [0.2, 0.25) is 0 Å². The van der Waals surface area contributed by atoms with E-state index in [9.17, 15) is 4.79 Å². The number of carbonyl (C=O) groups is 1. The van der Waals surface area contributed by atoms with Crippen LogP contribution in [0.3, 0.4) is 0 Å². The number of aromatic nitrogens is 1. The maximum atomic E-state index is 12.4. The van der Waals surface area contributed by atoms with Gasteiger partial charge in [0.1, 0.15) is 5.60 Å². The first-order chi connectivity index (χ1) is 14.7. The summed E-state index contributed by atoms with van der Waals surface area (Å²) in [4.78, 5) is 21.1. The number of hydrogen-bond donors (Lipinski definition) is 0. The molecule has 0 N–H and O–H groups in total. The summed E-state index contributed by atoms with van der Waals surface area (Å²) in [6.45, 7) is 18.4. The molecule has 1 unspecified atom stereocenters. The molecule has 1 aromatic rings. The first-order valence-electron chi connectivity index (χ1n) is 11.4. The van der Waals surface area contributed by atoms with Crippen molar-refractivity contribution in [2.24, 2.45) is 0 Å². The molecule has 0 saturated carbocycles. The fourth-order valence-electron chi connectivity index (χ4n) is 3.74. The van der Waals surface area contributed by atoms with Gasteiger partial charge in [-0.15, -0.1) is 0 Å². The molecule has 0 bridgehead atoms. The third-order valence-corrected chi connectivity index (χ3v) is 6.48. The van der Waals surface area contributed by atoms with Crippen molar-refractivity contribution in [3.05, 3.63) is 18.0 Å². The van der Waals surface area contributed by atoms with Crippen molar-refractivity contribution in [1.29, 1.82) is 0 Å². The summed E-state index contributed by atoms with van der Waals surface area (Å²) in [7, 11) is 1.15. The topological polar surface area (TPSA) is 73.4 Å². The average molecular weight is 447 g/mol. The largest absolute Gasteiger partial charge is 0.496 e. The number of pyridine rings is 1. The highest BCUT2D eigenvalue weighted by molar-refractivity contribution is 6.62. The summed E-state index contributed by atoms with van der Waals surface area (Å²) in [5.74, 6) is 0. The zero-order valence-electron chi connectivity index (χ0n) is 21.0. The number of rotatable bonds is 4. The van der Waals surface area contributed by atoms with Crippen molar-refractivity contribution in [2.75, 3.05) is 38.2 Å². The van der Waals surface area contributed by atoms with E-state index < -0.39 is 23.9 Å². The van der Waals surface area contributed by atoms with Gasteiger partial charge < -0.3 is 28.6 Å². The van der Waals surface area contributed by atoms with E-state index in [-0.39, 0.29) is 12.2 Å². The van der Waals surface area contributed by atoms with Crippen LogP contribution in [0.15, 0.2) is 12.3 Å². The molecule has 2 saturated heterocycles. The van der Waals surface area contributed by atoms with Crippen molar-refractivity contribution >= 4 is 24.4 Å². The minimum absolute atomic E-state index is 0.193. The van der Waals surface area contributed by atoms with Crippen LogP contribution in [0.2, 0.25) is 0 Å². The highest BCUT2D eigenvalue weighted by Gasteiger charge is 2.52. The molecule has 3 heterocycles. The number of nitrogens with zero attached hydrogens (tertiary/aromatic N) is 3. The van der Waals surface area contributed by atoms with Crippen molar-refractivity contribution in [2.45, 2.75) is 78.3 Å². The van der Waals surface area contributed by atoms with E-state index in [0.29, 0.717) is 26.2 Å². The van der Waals surface area contributed by atoms with Crippen LogP contribution < -0.4 is 10.4 Å². The van der Waals surface area contributed by atoms with Crippen LogP contribution in [0.1, 0.15) is 67.2 Å². The standard InChI is InChI=1S/C23H38BN3O5/c1-16(29-9)19-18(24-31-22(5,6)23(7,8)32-24)14-17(15-25-19)26-10-12-27(13-11-26)20(28)30-21(2,3)4/h14-16H,10-13H2,1-9H3. The van der Waals surface area contributed by atoms with Crippen LogP contribution in [-0.4, -0.2) is 73.2 Å². The molecule has 1 amide bonds. The van der Waals surface area contributed by atoms with E-state index in [1.807, 2.05) is 61.6 Å². The SMILES string of the molecule is COC(C)c1ncc(N2CCN(C(=O)OC(C)(C)C)CC2)cc1B1OC(C)(C)C(C)(C)O1. The second kappa shape index (κ2) is 8.84. The molecule has 3 rings (SSSR count). The lowest BCUT2D eigenvalue weighted by molar-refractivity contribution is 0.00578. The summed E-state index contributed by atoms with van der Waals surface area (Å²) in [5.41, 5.74) is 1.28. The Kier molecular flexibility index (Phi) is 6.85. The molecule has 0 radical (unpaired) electrons. The summed E-state index contributed by atoms with van der Waals surface area (Å²) in [5, 5.41) is 0. The highest BCUT2D eigenvalue weighted by atomic mass is 16.7. The molecule has 1 atom stereocenters. The molecule has 0 aromatic carbocycles. The monoisotopic (exact) mass is 447 g/mol. The van der Waals surface area contributed by atoms with Gasteiger partial charge in [-0.25, -0.2) is 4.79 Å². The third kappa shape index (κ3) is 5.21. The third-order valence-electron chi connectivity index (χ3n) is 6.48. The summed E-state index contributed by atoms with van der Waals surface area (Å²) < 4.78 is 23.7. The van der Waals surface area contributed by atoms with Crippen LogP contribution in [0, 0.1) is 0 Å². The maximum Gasteiger partial charge on any atom is 0.496 e. The van der Waals surface area contributed by atoms with E-state index >= 15 is 0 Å². The molecule has 2 aliphatic rings. The zero-order valence-corrected chi connectivity index (χ0v) is 21.0. The Labute approximate surface area is 192 Å². The van der Waals surface area contributed by atoms with Crippen LogP contribution in [0.5, 0.6) is 0 Å². The summed E-state index contributed by atoms with van der Waals surface area (Å²) in [6, 6.07) is 2.09. The van der Waals surface area contributed by atoms with Crippen molar-refractivity contribution in [1.82, 2.24) is 9.88 Å². The number of ether oxygens (including phenoxy) is 2. The molecule has 1 aromatic heterocycles. The van der Waals surface area contributed by atoms with Crippen molar-refractivity contribution in [3.8, 4) is 0 Å². The lowest BCUT2D eigenvalue weighted by Crippen LogP contribution is -2.50. The second-order valence-electron chi connectivity index (χ2n) is 10.6.